The number of rotatable bonds is 9. The zero-order chi connectivity index (χ0) is 16.3. The Bertz CT molecular complexity index is 475. The maximum Gasteiger partial charge on any atom is 0.190 e. The standard InChI is InChI=1S/C16H29N5O2.HI/c1-17-16(19-7-4-14-10-20-21(2)11-14)18-6-3-8-22-12-15-5-9-23-13-15;/h10-11,15H,3-9,12-13H2,1-2H3,(H2,17,18,19);1H. The Labute approximate surface area is 161 Å². The van der Waals surface area contributed by atoms with Gasteiger partial charge in [-0.15, -0.1) is 24.0 Å². The van der Waals surface area contributed by atoms with E-state index in [9.17, 15) is 0 Å². The molecule has 2 heterocycles. The molecular formula is C16H30IN5O2. The van der Waals surface area contributed by atoms with Crippen LogP contribution in [0.5, 0.6) is 0 Å². The molecular weight excluding hydrogens is 421 g/mol. The molecule has 1 unspecified atom stereocenters. The average Bonchev–Trinajstić information content (AvgIpc) is 3.20. The minimum atomic E-state index is 0. The average molecular weight is 451 g/mol. The number of aliphatic imine (C=N–C) groups is 1. The van der Waals surface area contributed by atoms with Crippen LogP contribution in [-0.4, -0.2) is 62.3 Å². The topological polar surface area (TPSA) is 72.7 Å². The Morgan fingerprint density at radius 3 is 2.96 bits per heavy atom. The van der Waals surface area contributed by atoms with Crippen molar-refractivity contribution in [2.45, 2.75) is 19.3 Å². The molecule has 1 aromatic rings. The van der Waals surface area contributed by atoms with Crippen LogP contribution in [-0.2, 0) is 22.9 Å². The molecule has 0 amide bonds. The molecule has 2 rings (SSSR count). The Morgan fingerprint density at radius 1 is 1.46 bits per heavy atom. The summed E-state index contributed by atoms with van der Waals surface area (Å²) in [5.41, 5.74) is 1.22. The maximum atomic E-state index is 5.68. The molecule has 1 aliphatic heterocycles. The smallest absolute Gasteiger partial charge is 0.190 e. The molecule has 1 fully saturated rings. The summed E-state index contributed by atoms with van der Waals surface area (Å²) >= 11 is 0. The van der Waals surface area contributed by atoms with Crippen molar-refractivity contribution in [1.29, 1.82) is 0 Å². The van der Waals surface area contributed by atoms with Crippen molar-refractivity contribution in [3.05, 3.63) is 18.0 Å². The lowest BCUT2D eigenvalue weighted by Gasteiger charge is -2.12. The highest BCUT2D eigenvalue weighted by atomic mass is 127. The number of nitrogens with zero attached hydrogens (tertiary/aromatic N) is 3. The molecule has 24 heavy (non-hydrogen) atoms. The van der Waals surface area contributed by atoms with Gasteiger partial charge in [-0.25, -0.2) is 0 Å². The summed E-state index contributed by atoms with van der Waals surface area (Å²) in [5.74, 6) is 1.42. The highest BCUT2D eigenvalue weighted by molar-refractivity contribution is 14.0. The predicted molar refractivity (Wildman–Crippen MR) is 106 cm³/mol. The third-order valence-electron chi connectivity index (χ3n) is 3.82. The number of guanidine groups is 1. The fraction of sp³-hybridized carbons (Fsp3) is 0.750. The normalized spacial score (nSPS) is 17.6. The molecule has 0 aromatic carbocycles. The van der Waals surface area contributed by atoms with Crippen LogP contribution in [0.25, 0.3) is 0 Å². The van der Waals surface area contributed by atoms with Crippen molar-refractivity contribution in [1.82, 2.24) is 20.4 Å². The van der Waals surface area contributed by atoms with Gasteiger partial charge in [0, 0.05) is 52.5 Å². The van der Waals surface area contributed by atoms with Crippen LogP contribution in [0.1, 0.15) is 18.4 Å². The number of halogens is 1. The minimum absolute atomic E-state index is 0. The van der Waals surface area contributed by atoms with E-state index in [0.29, 0.717) is 5.92 Å². The van der Waals surface area contributed by atoms with Gasteiger partial charge in [0.25, 0.3) is 0 Å². The van der Waals surface area contributed by atoms with E-state index >= 15 is 0 Å². The number of hydrogen-bond acceptors (Lipinski definition) is 4. The summed E-state index contributed by atoms with van der Waals surface area (Å²) in [7, 11) is 3.72. The van der Waals surface area contributed by atoms with Gasteiger partial charge in [-0.05, 0) is 24.8 Å². The molecule has 138 valence electrons. The summed E-state index contributed by atoms with van der Waals surface area (Å²) in [5, 5.41) is 10.8. The van der Waals surface area contributed by atoms with E-state index in [1.54, 1.807) is 7.05 Å². The molecule has 1 atom stereocenters. The van der Waals surface area contributed by atoms with Crippen molar-refractivity contribution in [3.63, 3.8) is 0 Å². The van der Waals surface area contributed by atoms with Crippen molar-refractivity contribution < 1.29 is 9.47 Å². The third-order valence-corrected chi connectivity index (χ3v) is 3.82. The summed E-state index contributed by atoms with van der Waals surface area (Å²) in [4.78, 5) is 4.22. The van der Waals surface area contributed by atoms with Gasteiger partial charge in [-0.2, -0.15) is 5.10 Å². The number of nitrogens with one attached hydrogen (secondary N) is 2. The highest BCUT2D eigenvalue weighted by Crippen LogP contribution is 2.12. The second kappa shape index (κ2) is 12.5. The van der Waals surface area contributed by atoms with Crippen molar-refractivity contribution in [2.75, 3.05) is 46.6 Å². The van der Waals surface area contributed by atoms with E-state index in [-0.39, 0.29) is 24.0 Å². The number of ether oxygens (including phenoxy) is 2. The largest absolute Gasteiger partial charge is 0.381 e. The Hall–Kier alpha value is -0.870. The molecule has 0 spiro atoms. The minimum Gasteiger partial charge on any atom is -0.381 e. The van der Waals surface area contributed by atoms with Crippen LogP contribution in [0.2, 0.25) is 0 Å². The van der Waals surface area contributed by atoms with E-state index in [1.807, 2.05) is 24.1 Å². The molecule has 0 radical (unpaired) electrons. The first kappa shape index (κ1) is 21.2. The quantitative estimate of drug-likeness (QED) is 0.256. The van der Waals surface area contributed by atoms with Crippen LogP contribution in [0.15, 0.2) is 17.4 Å². The van der Waals surface area contributed by atoms with Gasteiger partial charge in [-0.1, -0.05) is 0 Å². The zero-order valence-corrected chi connectivity index (χ0v) is 17.0. The van der Waals surface area contributed by atoms with Crippen LogP contribution in [0.4, 0.5) is 0 Å². The van der Waals surface area contributed by atoms with Gasteiger partial charge in [-0.3, -0.25) is 9.67 Å². The van der Waals surface area contributed by atoms with Crippen LogP contribution in [0.3, 0.4) is 0 Å². The maximum absolute atomic E-state index is 5.68. The number of aromatic nitrogens is 2. The number of hydrogen-bond donors (Lipinski definition) is 2. The molecule has 0 saturated carbocycles. The van der Waals surface area contributed by atoms with Gasteiger partial charge >= 0.3 is 0 Å². The van der Waals surface area contributed by atoms with Gasteiger partial charge in [0.15, 0.2) is 5.96 Å². The first-order valence-electron chi connectivity index (χ1n) is 8.35. The van der Waals surface area contributed by atoms with E-state index in [2.05, 4.69) is 20.7 Å². The third kappa shape index (κ3) is 8.29. The molecule has 0 bridgehead atoms. The van der Waals surface area contributed by atoms with Crippen molar-refractivity contribution in [3.8, 4) is 0 Å². The van der Waals surface area contributed by atoms with E-state index in [0.717, 1.165) is 64.7 Å². The first-order chi connectivity index (χ1) is 11.3. The van der Waals surface area contributed by atoms with Crippen molar-refractivity contribution >= 4 is 29.9 Å². The zero-order valence-electron chi connectivity index (χ0n) is 14.7. The van der Waals surface area contributed by atoms with Gasteiger partial charge < -0.3 is 20.1 Å². The monoisotopic (exact) mass is 451 g/mol. The fourth-order valence-corrected chi connectivity index (χ4v) is 2.49. The highest BCUT2D eigenvalue weighted by Gasteiger charge is 2.15. The van der Waals surface area contributed by atoms with E-state index < -0.39 is 0 Å². The van der Waals surface area contributed by atoms with Gasteiger partial charge in [0.05, 0.1) is 19.4 Å². The lowest BCUT2D eigenvalue weighted by molar-refractivity contribution is 0.0888. The summed E-state index contributed by atoms with van der Waals surface area (Å²) in [6, 6.07) is 0. The van der Waals surface area contributed by atoms with Crippen molar-refractivity contribution in [2.24, 2.45) is 18.0 Å². The summed E-state index contributed by atoms with van der Waals surface area (Å²) in [6.45, 7) is 5.02. The number of aryl methyl sites for hydroxylation is 1. The van der Waals surface area contributed by atoms with Crippen LogP contribution >= 0.6 is 24.0 Å². The SMILES string of the molecule is CN=C(NCCCOCC1CCOC1)NCCc1cnn(C)c1.I. The fourth-order valence-electron chi connectivity index (χ4n) is 2.49. The van der Waals surface area contributed by atoms with E-state index in [1.165, 1.54) is 5.56 Å². The van der Waals surface area contributed by atoms with Gasteiger partial charge in [0.2, 0.25) is 0 Å². The lowest BCUT2D eigenvalue weighted by Crippen LogP contribution is -2.39. The second-order valence-electron chi connectivity index (χ2n) is 5.86. The van der Waals surface area contributed by atoms with E-state index in [4.69, 9.17) is 9.47 Å². The summed E-state index contributed by atoms with van der Waals surface area (Å²) < 4.78 is 12.8. The Balaban J connectivity index is 0.00000288. The molecule has 0 aliphatic carbocycles. The van der Waals surface area contributed by atoms with Gasteiger partial charge in [0.1, 0.15) is 0 Å². The molecule has 1 saturated heterocycles. The van der Waals surface area contributed by atoms with Crippen LogP contribution in [0, 0.1) is 5.92 Å². The Kier molecular flexibility index (Phi) is 11.0. The lowest BCUT2D eigenvalue weighted by atomic mass is 10.1. The summed E-state index contributed by atoms with van der Waals surface area (Å²) in [6.07, 6.45) is 6.96. The molecule has 7 nitrogen and oxygen atoms in total. The molecule has 2 N–H and O–H groups in total. The molecule has 1 aromatic heterocycles. The Morgan fingerprint density at radius 2 is 2.29 bits per heavy atom. The first-order valence-corrected chi connectivity index (χ1v) is 8.35. The molecule has 1 aliphatic rings. The van der Waals surface area contributed by atoms with Crippen LogP contribution < -0.4 is 10.6 Å². The second-order valence-corrected chi connectivity index (χ2v) is 5.86. The predicted octanol–water partition coefficient (Wildman–Crippen LogP) is 1.19. The molecule has 8 heteroatoms.